The van der Waals surface area contributed by atoms with Gasteiger partial charge in [-0.15, -0.1) is 0 Å². The Bertz CT molecular complexity index is 1260. The number of nitrogens with zero attached hydrogens (tertiary/aromatic N) is 1. The summed E-state index contributed by atoms with van der Waals surface area (Å²) >= 11 is 0. The number of hydrogen-bond acceptors (Lipinski definition) is 7. The van der Waals surface area contributed by atoms with Crippen LogP contribution in [0.25, 0.3) is 0 Å². The summed E-state index contributed by atoms with van der Waals surface area (Å²) in [6.07, 6.45) is 0.0489. The lowest BCUT2D eigenvalue weighted by atomic mass is 10.1. The van der Waals surface area contributed by atoms with Gasteiger partial charge in [0.1, 0.15) is 5.75 Å². The Hall–Kier alpha value is -4.30. The highest BCUT2D eigenvalue weighted by molar-refractivity contribution is 6.22. The molecule has 4 rings (SSSR count). The van der Waals surface area contributed by atoms with Crippen LogP contribution in [0, 0.1) is 0 Å². The third kappa shape index (κ3) is 5.50. The molecular weight excluding hydrogens is 460 g/mol. The van der Waals surface area contributed by atoms with Crippen LogP contribution in [0.3, 0.4) is 0 Å². The maximum atomic E-state index is 13.0. The second kappa shape index (κ2) is 11.0. The van der Waals surface area contributed by atoms with Crippen molar-refractivity contribution in [3.8, 4) is 5.75 Å². The summed E-state index contributed by atoms with van der Waals surface area (Å²) in [4.78, 5) is 51.4. The number of Topliss-reactive ketones (excluding diaryl/α,β-unsaturated/α-hetero) is 1. The average molecular weight is 487 g/mol. The molecule has 2 amide bonds. The molecule has 1 aliphatic heterocycles. The van der Waals surface area contributed by atoms with Crippen LogP contribution >= 0.6 is 0 Å². The number of anilines is 1. The second-order valence-electron chi connectivity index (χ2n) is 8.40. The van der Waals surface area contributed by atoms with Crippen LogP contribution in [0.15, 0.2) is 78.9 Å². The highest BCUT2D eigenvalue weighted by Gasteiger charge is 2.40. The van der Waals surface area contributed by atoms with Gasteiger partial charge in [-0.25, -0.2) is 9.69 Å². The number of esters is 1. The van der Waals surface area contributed by atoms with Crippen LogP contribution in [-0.2, 0) is 14.3 Å². The van der Waals surface area contributed by atoms with Gasteiger partial charge in [-0.05, 0) is 61.0 Å². The zero-order valence-corrected chi connectivity index (χ0v) is 20.0. The second-order valence-corrected chi connectivity index (χ2v) is 8.40. The summed E-state index contributed by atoms with van der Waals surface area (Å²) < 4.78 is 10.2. The van der Waals surface area contributed by atoms with E-state index in [0.717, 1.165) is 10.5 Å². The Morgan fingerprint density at radius 2 is 1.58 bits per heavy atom. The number of ether oxygens (including phenoxy) is 2. The maximum Gasteiger partial charge on any atom is 0.338 e. The lowest BCUT2D eigenvalue weighted by molar-refractivity contribution is -0.121. The summed E-state index contributed by atoms with van der Waals surface area (Å²) in [7, 11) is 1.53. The third-order valence-corrected chi connectivity index (χ3v) is 6.00. The monoisotopic (exact) mass is 486 g/mol. The summed E-state index contributed by atoms with van der Waals surface area (Å²) in [6, 6.07) is 21.4. The number of benzene rings is 3. The van der Waals surface area contributed by atoms with Crippen molar-refractivity contribution in [1.82, 2.24) is 5.32 Å². The molecular formula is C28H26N2O6. The van der Waals surface area contributed by atoms with E-state index in [9.17, 15) is 19.2 Å². The molecule has 1 aliphatic rings. The molecule has 8 heteroatoms. The van der Waals surface area contributed by atoms with Gasteiger partial charge in [0.25, 0.3) is 5.91 Å². The Kier molecular flexibility index (Phi) is 7.56. The van der Waals surface area contributed by atoms with Gasteiger partial charge < -0.3 is 9.47 Å². The highest BCUT2D eigenvalue weighted by Crippen LogP contribution is 2.25. The minimum atomic E-state index is -0.682. The van der Waals surface area contributed by atoms with E-state index in [1.54, 1.807) is 24.3 Å². The first-order chi connectivity index (χ1) is 17.4. The van der Waals surface area contributed by atoms with Crippen LogP contribution in [0.1, 0.15) is 45.7 Å². The molecule has 0 aromatic heterocycles. The normalized spacial score (nSPS) is 16.1. The summed E-state index contributed by atoms with van der Waals surface area (Å²) in [5.74, 6) is -1.08. The van der Waals surface area contributed by atoms with E-state index >= 15 is 0 Å². The van der Waals surface area contributed by atoms with Crippen molar-refractivity contribution < 1.29 is 28.7 Å². The zero-order chi connectivity index (χ0) is 25.7. The van der Waals surface area contributed by atoms with Crippen molar-refractivity contribution in [3.05, 3.63) is 95.6 Å². The van der Waals surface area contributed by atoms with Gasteiger partial charge in [-0.1, -0.05) is 30.3 Å². The first-order valence-corrected chi connectivity index (χ1v) is 11.5. The van der Waals surface area contributed by atoms with E-state index in [-0.39, 0.29) is 35.6 Å². The summed E-state index contributed by atoms with van der Waals surface area (Å²) in [5.41, 5.74) is 1.99. The predicted octanol–water partition coefficient (Wildman–Crippen LogP) is 3.72. The van der Waals surface area contributed by atoms with Crippen molar-refractivity contribution in [3.63, 3.8) is 0 Å². The van der Waals surface area contributed by atoms with E-state index < -0.39 is 18.6 Å². The Labute approximate surface area is 208 Å². The quantitative estimate of drug-likeness (QED) is 0.279. The van der Waals surface area contributed by atoms with Crippen LogP contribution in [0.5, 0.6) is 5.75 Å². The first-order valence-electron chi connectivity index (χ1n) is 11.5. The number of nitrogens with one attached hydrogen (secondary N) is 1. The molecule has 3 aromatic carbocycles. The standard InChI is InChI=1S/C28H26N2O6/c1-18(19-6-4-3-5-7-19)29-24-16-26(32)30(27(24)33)22-12-8-21(9-13-22)28(34)36-17-25(31)20-10-14-23(35-2)15-11-20/h3-15,18,24,29H,16-17H2,1-2H3. The fourth-order valence-electron chi connectivity index (χ4n) is 3.99. The predicted molar refractivity (Wildman–Crippen MR) is 133 cm³/mol. The molecule has 0 spiro atoms. The van der Waals surface area contributed by atoms with Gasteiger partial charge in [-0.2, -0.15) is 0 Å². The van der Waals surface area contributed by atoms with Crippen molar-refractivity contribution in [2.75, 3.05) is 18.6 Å². The molecule has 8 nitrogen and oxygen atoms in total. The Morgan fingerprint density at radius 3 is 2.22 bits per heavy atom. The molecule has 36 heavy (non-hydrogen) atoms. The first kappa shape index (κ1) is 24.8. The molecule has 2 atom stereocenters. The number of carbonyl (C=O) groups excluding carboxylic acids is 4. The van der Waals surface area contributed by atoms with Crippen molar-refractivity contribution >= 4 is 29.3 Å². The molecule has 2 unspecified atom stereocenters. The van der Waals surface area contributed by atoms with Gasteiger partial charge in [0.05, 0.1) is 30.8 Å². The molecule has 0 saturated carbocycles. The van der Waals surface area contributed by atoms with Crippen LogP contribution in [0.4, 0.5) is 5.69 Å². The third-order valence-electron chi connectivity index (χ3n) is 6.00. The van der Waals surface area contributed by atoms with E-state index in [1.165, 1.54) is 31.4 Å². The van der Waals surface area contributed by atoms with Gasteiger partial charge >= 0.3 is 5.97 Å². The average Bonchev–Trinajstić information content (AvgIpc) is 3.19. The van der Waals surface area contributed by atoms with Crippen molar-refractivity contribution in [1.29, 1.82) is 0 Å². The smallest absolute Gasteiger partial charge is 0.338 e. The van der Waals surface area contributed by atoms with Gasteiger partial charge in [0.15, 0.2) is 12.4 Å². The molecule has 0 radical (unpaired) electrons. The largest absolute Gasteiger partial charge is 0.497 e. The molecule has 1 N–H and O–H groups in total. The molecule has 184 valence electrons. The van der Waals surface area contributed by atoms with Crippen LogP contribution < -0.4 is 15.0 Å². The summed E-state index contributed by atoms with van der Waals surface area (Å²) in [5, 5.41) is 3.23. The molecule has 0 bridgehead atoms. The molecule has 1 saturated heterocycles. The SMILES string of the molecule is COc1ccc(C(=O)COC(=O)c2ccc(N3C(=O)CC(NC(C)c4ccccc4)C3=O)cc2)cc1. The lowest BCUT2D eigenvalue weighted by Gasteiger charge is -2.19. The van der Waals surface area contributed by atoms with E-state index in [4.69, 9.17) is 9.47 Å². The fraction of sp³-hybridized carbons (Fsp3) is 0.214. The Morgan fingerprint density at radius 1 is 0.944 bits per heavy atom. The number of rotatable bonds is 9. The van der Waals surface area contributed by atoms with E-state index in [0.29, 0.717) is 17.0 Å². The van der Waals surface area contributed by atoms with Crippen LogP contribution in [-0.4, -0.2) is 43.3 Å². The minimum Gasteiger partial charge on any atom is -0.497 e. The van der Waals surface area contributed by atoms with E-state index in [1.807, 2.05) is 37.3 Å². The topological polar surface area (TPSA) is 102 Å². The maximum absolute atomic E-state index is 13.0. The Balaban J connectivity index is 1.35. The molecule has 0 aliphatic carbocycles. The zero-order valence-electron chi connectivity index (χ0n) is 20.0. The number of amides is 2. The van der Waals surface area contributed by atoms with Gasteiger partial charge in [0, 0.05) is 11.6 Å². The van der Waals surface area contributed by atoms with Crippen molar-refractivity contribution in [2.45, 2.75) is 25.4 Å². The molecule has 1 heterocycles. The summed E-state index contributed by atoms with van der Waals surface area (Å²) in [6.45, 7) is 1.53. The molecule has 1 fully saturated rings. The lowest BCUT2D eigenvalue weighted by Crippen LogP contribution is -2.40. The molecule has 3 aromatic rings. The van der Waals surface area contributed by atoms with E-state index in [2.05, 4.69) is 5.32 Å². The number of carbonyl (C=O) groups is 4. The number of ketones is 1. The number of hydrogen-bond donors (Lipinski definition) is 1. The van der Waals surface area contributed by atoms with Crippen molar-refractivity contribution in [2.24, 2.45) is 0 Å². The highest BCUT2D eigenvalue weighted by atomic mass is 16.5. The van der Waals surface area contributed by atoms with Crippen LogP contribution in [0.2, 0.25) is 0 Å². The minimum absolute atomic E-state index is 0.0489. The van der Waals surface area contributed by atoms with Gasteiger partial charge in [-0.3, -0.25) is 19.7 Å². The van der Waals surface area contributed by atoms with Gasteiger partial charge in [0.2, 0.25) is 5.91 Å². The number of imide groups is 1. The number of methoxy groups -OCH3 is 1. The fourth-order valence-corrected chi connectivity index (χ4v) is 3.99.